The predicted molar refractivity (Wildman–Crippen MR) is 54.7 cm³/mol. The number of aliphatic hydroxyl groups is 2. The highest BCUT2D eigenvalue weighted by Gasteiger charge is 2.11. The van der Waals surface area contributed by atoms with Crippen molar-refractivity contribution in [3.05, 3.63) is 0 Å². The van der Waals surface area contributed by atoms with Crippen molar-refractivity contribution in [2.75, 3.05) is 13.2 Å². The summed E-state index contributed by atoms with van der Waals surface area (Å²) in [5, 5.41) is 21.0. The maximum Gasteiger partial charge on any atom is 0.0607 e. The Morgan fingerprint density at radius 1 is 1.08 bits per heavy atom. The molecule has 0 aliphatic carbocycles. The van der Waals surface area contributed by atoms with Gasteiger partial charge < -0.3 is 15.5 Å². The van der Waals surface area contributed by atoms with Gasteiger partial charge in [-0.05, 0) is 12.8 Å². The summed E-state index contributed by atoms with van der Waals surface area (Å²) in [5.41, 5.74) is 0. The summed E-state index contributed by atoms with van der Waals surface area (Å²) in [7, 11) is 0. The predicted octanol–water partition coefficient (Wildman–Crippen LogP) is 0.898. The quantitative estimate of drug-likeness (QED) is 0.532. The molecule has 3 nitrogen and oxygen atoms in total. The van der Waals surface area contributed by atoms with Crippen LogP contribution >= 0.6 is 0 Å². The standard InChI is InChI=1S/C10H23NO2/c1-3-5-6-9(4-2)11-10(7-12)8-13/h9-13H,3-8H2,1-2H3/t9-/m1/s1. The summed E-state index contributed by atoms with van der Waals surface area (Å²) < 4.78 is 0. The van der Waals surface area contributed by atoms with Crippen LogP contribution < -0.4 is 5.32 Å². The molecule has 0 aromatic carbocycles. The van der Waals surface area contributed by atoms with Gasteiger partial charge in [-0.25, -0.2) is 0 Å². The molecule has 0 rings (SSSR count). The van der Waals surface area contributed by atoms with Crippen LogP contribution in [0.5, 0.6) is 0 Å². The normalized spacial score (nSPS) is 13.6. The van der Waals surface area contributed by atoms with Crippen LogP contribution in [0.25, 0.3) is 0 Å². The van der Waals surface area contributed by atoms with E-state index >= 15 is 0 Å². The minimum absolute atomic E-state index is 0.0130. The lowest BCUT2D eigenvalue weighted by atomic mass is 10.1. The van der Waals surface area contributed by atoms with E-state index in [1.165, 1.54) is 12.8 Å². The van der Waals surface area contributed by atoms with Crippen molar-refractivity contribution in [1.29, 1.82) is 0 Å². The minimum Gasteiger partial charge on any atom is -0.395 e. The van der Waals surface area contributed by atoms with Crippen molar-refractivity contribution in [1.82, 2.24) is 5.32 Å². The topological polar surface area (TPSA) is 52.5 Å². The fraction of sp³-hybridized carbons (Fsp3) is 1.00. The zero-order chi connectivity index (χ0) is 10.1. The van der Waals surface area contributed by atoms with Crippen LogP contribution in [-0.4, -0.2) is 35.5 Å². The van der Waals surface area contributed by atoms with Crippen LogP contribution in [0.3, 0.4) is 0 Å². The Bertz CT molecular complexity index is 105. The number of rotatable bonds is 8. The Hall–Kier alpha value is -0.120. The van der Waals surface area contributed by atoms with E-state index in [-0.39, 0.29) is 19.3 Å². The fourth-order valence-electron chi connectivity index (χ4n) is 1.35. The molecule has 0 aromatic rings. The monoisotopic (exact) mass is 189 g/mol. The molecule has 3 heteroatoms. The molecule has 0 unspecified atom stereocenters. The van der Waals surface area contributed by atoms with Gasteiger partial charge >= 0.3 is 0 Å². The molecule has 0 saturated heterocycles. The molecule has 0 bridgehead atoms. The molecule has 0 radical (unpaired) electrons. The second-order valence-corrected chi connectivity index (χ2v) is 3.48. The SMILES string of the molecule is CCCC[C@@H](CC)NC(CO)CO. The van der Waals surface area contributed by atoms with E-state index < -0.39 is 0 Å². The summed E-state index contributed by atoms with van der Waals surface area (Å²) in [4.78, 5) is 0. The molecule has 0 fully saturated rings. The largest absolute Gasteiger partial charge is 0.395 e. The lowest BCUT2D eigenvalue weighted by molar-refractivity contribution is 0.159. The summed E-state index contributed by atoms with van der Waals surface area (Å²) in [6.07, 6.45) is 4.58. The zero-order valence-electron chi connectivity index (χ0n) is 8.79. The van der Waals surface area contributed by atoms with E-state index in [0.717, 1.165) is 12.8 Å². The first kappa shape index (κ1) is 12.9. The maximum absolute atomic E-state index is 8.87. The van der Waals surface area contributed by atoms with Crippen molar-refractivity contribution >= 4 is 0 Å². The van der Waals surface area contributed by atoms with Gasteiger partial charge in [0, 0.05) is 6.04 Å². The molecule has 0 spiro atoms. The molecule has 0 aromatic heterocycles. The van der Waals surface area contributed by atoms with Gasteiger partial charge in [0.05, 0.1) is 19.3 Å². The molecule has 0 aliphatic heterocycles. The lowest BCUT2D eigenvalue weighted by Gasteiger charge is -2.21. The Labute approximate surface area is 81.2 Å². The third-order valence-corrected chi connectivity index (χ3v) is 2.31. The number of nitrogens with one attached hydrogen (secondary N) is 1. The van der Waals surface area contributed by atoms with E-state index in [1.54, 1.807) is 0 Å². The highest BCUT2D eigenvalue weighted by atomic mass is 16.3. The Balaban J connectivity index is 3.67. The van der Waals surface area contributed by atoms with E-state index in [1.807, 2.05) is 0 Å². The van der Waals surface area contributed by atoms with Crippen molar-refractivity contribution in [3.8, 4) is 0 Å². The second kappa shape index (κ2) is 8.48. The molecule has 3 N–H and O–H groups in total. The van der Waals surface area contributed by atoms with Gasteiger partial charge in [-0.3, -0.25) is 0 Å². The van der Waals surface area contributed by atoms with E-state index in [9.17, 15) is 0 Å². The van der Waals surface area contributed by atoms with Gasteiger partial charge in [0.15, 0.2) is 0 Å². The Morgan fingerprint density at radius 3 is 2.08 bits per heavy atom. The zero-order valence-corrected chi connectivity index (χ0v) is 8.79. The Kier molecular flexibility index (Phi) is 8.40. The first-order valence-electron chi connectivity index (χ1n) is 5.26. The average molecular weight is 189 g/mol. The van der Waals surface area contributed by atoms with E-state index in [2.05, 4.69) is 19.2 Å². The number of aliphatic hydroxyl groups excluding tert-OH is 2. The summed E-state index contributed by atoms with van der Waals surface area (Å²) in [6.45, 7) is 4.32. The maximum atomic E-state index is 8.87. The summed E-state index contributed by atoms with van der Waals surface area (Å²) in [5.74, 6) is 0. The number of hydrogen-bond donors (Lipinski definition) is 3. The molecule has 0 aliphatic rings. The van der Waals surface area contributed by atoms with E-state index in [4.69, 9.17) is 10.2 Å². The molecular weight excluding hydrogens is 166 g/mol. The van der Waals surface area contributed by atoms with Gasteiger partial charge in [0.2, 0.25) is 0 Å². The average Bonchev–Trinajstić information content (AvgIpc) is 2.19. The molecule has 1 atom stereocenters. The smallest absolute Gasteiger partial charge is 0.0607 e. The van der Waals surface area contributed by atoms with Crippen molar-refractivity contribution in [2.24, 2.45) is 0 Å². The van der Waals surface area contributed by atoms with Crippen molar-refractivity contribution in [3.63, 3.8) is 0 Å². The van der Waals surface area contributed by atoms with Crippen LogP contribution in [0, 0.1) is 0 Å². The highest BCUT2D eigenvalue weighted by molar-refractivity contribution is 4.71. The molecule has 0 saturated carbocycles. The molecule has 0 amide bonds. The molecule has 80 valence electrons. The number of unbranched alkanes of at least 4 members (excludes halogenated alkanes) is 1. The van der Waals surface area contributed by atoms with Crippen LogP contribution in [0.4, 0.5) is 0 Å². The molecule has 0 heterocycles. The fourth-order valence-corrected chi connectivity index (χ4v) is 1.35. The van der Waals surface area contributed by atoms with Gasteiger partial charge in [0.1, 0.15) is 0 Å². The lowest BCUT2D eigenvalue weighted by Crippen LogP contribution is -2.42. The second-order valence-electron chi connectivity index (χ2n) is 3.48. The molecule has 13 heavy (non-hydrogen) atoms. The molecular formula is C10H23NO2. The van der Waals surface area contributed by atoms with Gasteiger partial charge in [0.25, 0.3) is 0 Å². The van der Waals surface area contributed by atoms with Crippen LogP contribution in [-0.2, 0) is 0 Å². The third-order valence-electron chi connectivity index (χ3n) is 2.31. The van der Waals surface area contributed by atoms with Crippen LogP contribution in [0.1, 0.15) is 39.5 Å². The van der Waals surface area contributed by atoms with Crippen molar-refractivity contribution < 1.29 is 10.2 Å². The van der Waals surface area contributed by atoms with Crippen LogP contribution in [0.2, 0.25) is 0 Å². The minimum atomic E-state index is -0.151. The Morgan fingerprint density at radius 2 is 1.69 bits per heavy atom. The van der Waals surface area contributed by atoms with Gasteiger partial charge in [-0.15, -0.1) is 0 Å². The highest BCUT2D eigenvalue weighted by Crippen LogP contribution is 2.04. The van der Waals surface area contributed by atoms with Crippen molar-refractivity contribution in [2.45, 2.75) is 51.6 Å². The first-order chi connectivity index (χ1) is 6.28. The van der Waals surface area contributed by atoms with E-state index in [0.29, 0.717) is 6.04 Å². The summed E-state index contributed by atoms with van der Waals surface area (Å²) >= 11 is 0. The van der Waals surface area contributed by atoms with Gasteiger partial charge in [-0.2, -0.15) is 0 Å². The number of hydrogen-bond acceptors (Lipinski definition) is 3. The third kappa shape index (κ3) is 6.02. The summed E-state index contributed by atoms with van der Waals surface area (Å²) in [6, 6.07) is 0.283. The van der Waals surface area contributed by atoms with Crippen LogP contribution in [0.15, 0.2) is 0 Å². The first-order valence-corrected chi connectivity index (χ1v) is 5.26. The van der Waals surface area contributed by atoms with Gasteiger partial charge in [-0.1, -0.05) is 26.7 Å².